The molecule has 0 aliphatic heterocycles. The second-order valence-corrected chi connectivity index (χ2v) is 6.18. The van der Waals surface area contributed by atoms with Crippen molar-refractivity contribution in [1.82, 2.24) is 9.78 Å². The molecule has 1 N–H and O–H groups in total. The molecule has 0 aliphatic carbocycles. The van der Waals surface area contributed by atoms with Crippen molar-refractivity contribution in [2.24, 2.45) is 0 Å². The summed E-state index contributed by atoms with van der Waals surface area (Å²) in [5, 5.41) is 7.25. The molecule has 0 bridgehead atoms. The lowest BCUT2D eigenvalue weighted by Crippen LogP contribution is -2.27. The van der Waals surface area contributed by atoms with Crippen LogP contribution in [0, 0.1) is 0 Å². The minimum Gasteiger partial charge on any atom is -0.465 e. The Kier molecular flexibility index (Phi) is 6.21. The van der Waals surface area contributed by atoms with Crippen LogP contribution in [0.3, 0.4) is 0 Å². The molecular formula is C21H19N3O6. The number of esters is 2. The van der Waals surface area contributed by atoms with E-state index in [1.54, 1.807) is 43.3 Å². The van der Waals surface area contributed by atoms with Gasteiger partial charge >= 0.3 is 11.9 Å². The number of ether oxygens (including phenoxy) is 2. The van der Waals surface area contributed by atoms with E-state index in [-0.39, 0.29) is 29.0 Å². The smallest absolute Gasteiger partial charge is 0.359 e. The third-order valence-corrected chi connectivity index (χ3v) is 4.30. The Morgan fingerprint density at radius 3 is 2.37 bits per heavy atom. The van der Waals surface area contributed by atoms with Crippen LogP contribution in [0.2, 0.25) is 0 Å². The van der Waals surface area contributed by atoms with Crippen LogP contribution in [0.25, 0.3) is 10.8 Å². The molecule has 1 aromatic heterocycles. The molecule has 0 spiro atoms. The van der Waals surface area contributed by atoms with Crippen molar-refractivity contribution in [2.45, 2.75) is 13.5 Å². The quantitative estimate of drug-likeness (QED) is 0.619. The van der Waals surface area contributed by atoms with Gasteiger partial charge in [0.1, 0.15) is 0 Å². The average Bonchev–Trinajstić information content (AvgIpc) is 2.77. The molecule has 0 fully saturated rings. The fraction of sp³-hybridized carbons (Fsp3) is 0.190. The first kappa shape index (κ1) is 20.7. The lowest BCUT2D eigenvalue weighted by Gasteiger charge is -2.11. The molecule has 30 heavy (non-hydrogen) atoms. The largest absolute Gasteiger partial charge is 0.465 e. The number of rotatable bonds is 6. The van der Waals surface area contributed by atoms with Gasteiger partial charge in [-0.2, -0.15) is 5.10 Å². The molecule has 3 rings (SSSR count). The first-order valence-corrected chi connectivity index (χ1v) is 9.10. The lowest BCUT2D eigenvalue weighted by molar-refractivity contribution is -0.119. The summed E-state index contributed by atoms with van der Waals surface area (Å²) in [4.78, 5) is 48.9. The van der Waals surface area contributed by atoms with Crippen molar-refractivity contribution in [1.29, 1.82) is 0 Å². The van der Waals surface area contributed by atoms with Crippen LogP contribution in [-0.4, -0.2) is 41.3 Å². The number of nitrogens with one attached hydrogen (secondary N) is 1. The number of hydrogen-bond donors (Lipinski definition) is 1. The third kappa shape index (κ3) is 4.19. The lowest BCUT2D eigenvalue weighted by atomic mass is 10.1. The Bertz CT molecular complexity index is 1180. The van der Waals surface area contributed by atoms with E-state index in [4.69, 9.17) is 4.74 Å². The highest BCUT2D eigenvalue weighted by atomic mass is 16.5. The Labute approximate surface area is 171 Å². The number of fused-ring (bicyclic) bond motifs is 1. The zero-order valence-electron chi connectivity index (χ0n) is 16.4. The minimum atomic E-state index is -0.843. The number of carbonyl (C=O) groups excluding carboxylic acids is 3. The maximum atomic E-state index is 12.6. The molecule has 154 valence electrons. The Hall–Kier alpha value is -4.01. The molecule has 0 atom stereocenters. The van der Waals surface area contributed by atoms with E-state index in [2.05, 4.69) is 15.2 Å². The van der Waals surface area contributed by atoms with Crippen LogP contribution >= 0.6 is 0 Å². The number of para-hydroxylation sites is 1. The van der Waals surface area contributed by atoms with Crippen LogP contribution < -0.4 is 10.9 Å². The predicted molar refractivity (Wildman–Crippen MR) is 108 cm³/mol. The van der Waals surface area contributed by atoms with Crippen molar-refractivity contribution in [3.63, 3.8) is 0 Å². The fourth-order valence-electron chi connectivity index (χ4n) is 2.87. The van der Waals surface area contributed by atoms with Crippen molar-refractivity contribution in [2.75, 3.05) is 19.0 Å². The van der Waals surface area contributed by atoms with Gasteiger partial charge in [0.2, 0.25) is 0 Å². The Morgan fingerprint density at radius 1 is 1.00 bits per heavy atom. The maximum Gasteiger partial charge on any atom is 0.359 e. The molecule has 1 heterocycles. The number of aromatic nitrogens is 2. The molecule has 0 radical (unpaired) electrons. The van der Waals surface area contributed by atoms with Gasteiger partial charge < -0.3 is 14.8 Å². The molecule has 1 amide bonds. The zero-order valence-corrected chi connectivity index (χ0v) is 16.4. The van der Waals surface area contributed by atoms with Gasteiger partial charge in [-0.3, -0.25) is 9.59 Å². The van der Waals surface area contributed by atoms with Crippen molar-refractivity contribution in [3.8, 4) is 0 Å². The maximum absolute atomic E-state index is 12.6. The number of amides is 1. The highest BCUT2D eigenvalue weighted by Gasteiger charge is 2.19. The summed E-state index contributed by atoms with van der Waals surface area (Å²) in [5.74, 6) is -2.10. The van der Waals surface area contributed by atoms with Gasteiger partial charge in [-0.05, 0) is 25.1 Å². The monoisotopic (exact) mass is 409 g/mol. The molecule has 0 aliphatic rings. The second kappa shape index (κ2) is 8.99. The van der Waals surface area contributed by atoms with Crippen LogP contribution in [0.5, 0.6) is 0 Å². The normalized spacial score (nSPS) is 10.5. The summed E-state index contributed by atoms with van der Waals surface area (Å²) in [6, 6.07) is 12.8. The summed E-state index contributed by atoms with van der Waals surface area (Å²) in [6.07, 6.45) is 0. The fourth-order valence-corrected chi connectivity index (χ4v) is 2.87. The first-order valence-electron chi connectivity index (χ1n) is 9.10. The van der Waals surface area contributed by atoms with Gasteiger partial charge in [0.25, 0.3) is 11.5 Å². The van der Waals surface area contributed by atoms with Gasteiger partial charge in [0, 0.05) is 11.9 Å². The predicted octanol–water partition coefficient (Wildman–Crippen LogP) is 2.00. The van der Waals surface area contributed by atoms with Crippen molar-refractivity contribution >= 4 is 34.3 Å². The molecule has 9 heteroatoms. The van der Waals surface area contributed by atoms with Gasteiger partial charge in [0.05, 0.1) is 23.7 Å². The van der Waals surface area contributed by atoms with E-state index in [0.717, 1.165) is 4.68 Å². The highest BCUT2D eigenvalue weighted by Crippen LogP contribution is 2.17. The third-order valence-electron chi connectivity index (χ3n) is 4.30. The standard InChI is InChI=1S/C21H19N3O6/c1-3-24-19(26)14-9-5-4-8-13(14)18(23-24)21(28)30-12-17(25)22-16-11-7-6-10-15(16)20(27)29-2/h4-11H,3,12H2,1-2H3,(H,22,25). The summed E-state index contributed by atoms with van der Waals surface area (Å²) in [7, 11) is 1.23. The molecule has 0 saturated carbocycles. The number of methoxy groups -OCH3 is 1. The molecule has 2 aromatic carbocycles. The van der Waals surface area contributed by atoms with E-state index >= 15 is 0 Å². The number of benzene rings is 2. The van der Waals surface area contributed by atoms with E-state index in [9.17, 15) is 19.2 Å². The van der Waals surface area contributed by atoms with Crippen molar-refractivity contribution < 1.29 is 23.9 Å². The van der Waals surface area contributed by atoms with E-state index in [1.807, 2.05) is 0 Å². The van der Waals surface area contributed by atoms with Gasteiger partial charge in [0.15, 0.2) is 12.3 Å². The molecule has 0 unspecified atom stereocenters. The number of hydrogen-bond acceptors (Lipinski definition) is 7. The molecular weight excluding hydrogens is 390 g/mol. The van der Waals surface area contributed by atoms with Crippen LogP contribution in [-0.2, 0) is 20.8 Å². The average molecular weight is 409 g/mol. The van der Waals surface area contributed by atoms with E-state index in [1.165, 1.54) is 19.2 Å². The van der Waals surface area contributed by atoms with Crippen LogP contribution in [0.1, 0.15) is 27.8 Å². The number of aryl methyl sites for hydroxylation is 1. The van der Waals surface area contributed by atoms with Gasteiger partial charge in [-0.1, -0.05) is 30.3 Å². The van der Waals surface area contributed by atoms with Crippen LogP contribution in [0.4, 0.5) is 5.69 Å². The summed E-state index contributed by atoms with van der Waals surface area (Å²) in [5.41, 5.74) is 0.0208. The summed E-state index contributed by atoms with van der Waals surface area (Å²) >= 11 is 0. The number of anilines is 1. The summed E-state index contributed by atoms with van der Waals surface area (Å²) < 4.78 is 10.9. The van der Waals surface area contributed by atoms with E-state index in [0.29, 0.717) is 10.8 Å². The molecule has 0 saturated heterocycles. The Balaban J connectivity index is 1.77. The summed E-state index contributed by atoms with van der Waals surface area (Å²) in [6.45, 7) is 1.40. The van der Waals surface area contributed by atoms with E-state index < -0.39 is 24.5 Å². The van der Waals surface area contributed by atoms with Gasteiger partial charge in [-0.25, -0.2) is 14.3 Å². The van der Waals surface area contributed by atoms with Crippen molar-refractivity contribution in [3.05, 3.63) is 70.1 Å². The number of nitrogens with zero attached hydrogens (tertiary/aromatic N) is 2. The minimum absolute atomic E-state index is 0.0604. The topological polar surface area (TPSA) is 117 Å². The molecule has 9 nitrogen and oxygen atoms in total. The molecule has 3 aromatic rings. The second-order valence-electron chi connectivity index (χ2n) is 6.18. The first-order chi connectivity index (χ1) is 14.5. The van der Waals surface area contributed by atoms with Gasteiger partial charge in [-0.15, -0.1) is 0 Å². The zero-order chi connectivity index (χ0) is 21.7. The Morgan fingerprint density at radius 2 is 1.67 bits per heavy atom. The number of carbonyl (C=O) groups is 3. The van der Waals surface area contributed by atoms with Crippen LogP contribution in [0.15, 0.2) is 53.3 Å². The highest BCUT2D eigenvalue weighted by molar-refractivity contribution is 6.04. The SMILES string of the molecule is CCn1nc(C(=O)OCC(=O)Nc2ccccc2C(=O)OC)c2ccccc2c1=O.